The van der Waals surface area contributed by atoms with E-state index in [1.165, 1.54) is 0 Å². The van der Waals surface area contributed by atoms with E-state index >= 15 is 0 Å². The van der Waals surface area contributed by atoms with E-state index in [1.54, 1.807) is 18.2 Å². The molecule has 0 bridgehead atoms. The van der Waals surface area contributed by atoms with E-state index in [0.717, 1.165) is 0 Å². The molecule has 2 N–H and O–H groups in total. The van der Waals surface area contributed by atoms with E-state index in [0.29, 0.717) is 16.5 Å². The zero-order chi connectivity index (χ0) is 12.3. The second kappa shape index (κ2) is 4.38. The molecule has 0 aliphatic heterocycles. The van der Waals surface area contributed by atoms with E-state index in [-0.39, 0.29) is 12.1 Å². The molecule has 5 heteroatoms. The average molecular weight is 225 g/mol. The van der Waals surface area contributed by atoms with Crippen LogP contribution in [0.2, 0.25) is 0 Å². The van der Waals surface area contributed by atoms with Gasteiger partial charge in [0.25, 0.3) is 0 Å². The van der Waals surface area contributed by atoms with Crippen LogP contribution in [0.25, 0.3) is 10.9 Å². The van der Waals surface area contributed by atoms with Crippen LogP contribution in [0.5, 0.6) is 0 Å². The maximum atomic E-state index is 10.9. The van der Waals surface area contributed by atoms with Crippen LogP contribution in [0.4, 0.5) is 0 Å². The number of benzene rings is 1. The molecular weight excluding hydrogens is 218 g/mol. The third-order valence-corrected chi connectivity index (χ3v) is 2.17. The third kappa shape index (κ3) is 2.09. The van der Waals surface area contributed by atoms with Gasteiger partial charge < -0.3 is 5.11 Å². The number of H-pyrrole nitrogens is 1. The zero-order valence-corrected chi connectivity index (χ0v) is 8.69. The van der Waals surface area contributed by atoms with Gasteiger partial charge in [-0.15, -0.1) is 0 Å². The number of carboxylic acids is 1. The van der Waals surface area contributed by atoms with Crippen molar-refractivity contribution in [3.05, 3.63) is 29.5 Å². The Labute approximate surface area is 96.7 Å². The molecule has 0 spiro atoms. The lowest BCUT2D eigenvalue weighted by Gasteiger charge is -1.92. The maximum Gasteiger partial charge on any atom is 0.357 e. The van der Waals surface area contributed by atoms with Crippen LogP contribution >= 0.6 is 0 Å². The Morgan fingerprint density at radius 1 is 1.53 bits per heavy atom. The van der Waals surface area contributed by atoms with Gasteiger partial charge in [-0.3, -0.25) is 5.10 Å². The minimum absolute atomic E-state index is 0.0241. The monoisotopic (exact) mass is 225 g/mol. The Bertz CT molecular complexity index is 683. The number of hydrogen-bond donors (Lipinski definition) is 2. The summed E-state index contributed by atoms with van der Waals surface area (Å²) < 4.78 is 0. The largest absolute Gasteiger partial charge is 0.476 e. The summed E-state index contributed by atoms with van der Waals surface area (Å²) in [6, 6.07) is 7.02. The van der Waals surface area contributed by atoms with Gasteiger partial charge in [-0.2, -0.15) is 10.4 Å². The highest BCUT2D eigenvalue weighted by molar-refractivity contribution is 6.01. The van der Waals surface area contributed by atoms with E-state index in [9.17, 15) is 4.79 Å². The van der Waals surface area contributed by atoms with E-state index in [1.807, 2.05) is 6.07 Å². The molecule has 2 rings (SSSR count). The van der Waals surface area contributed by atoms with Gasteiger partial charge in [0.2, 0.25) is 0 Å². The van der Waals surface area contributed by atoms with Crippen molar-refractivity contribution in [1.82, 2.24) is 10.2 Å². The normalized spacial score (nSPS) is 9.35. The van der Waals surface area contributed by atoms with Crippen molar-refractivity contribution in [3.63, 3.8) is 0 Å². The number of carbonyl (C=O) groups is 1. The summed E-state index contributed by atoms with van der Waals surface area (Å²) in [6.07, 6.45) is 0.148. The number of aromatic carboxylic acids is 1. The first kappa shape index (κ1) is 10.7. The molecule has 1 aromatic heterocycles. The highest BCUT2D eigenvalue weighted by Gasteiger charge is 2.12. The quantitative estimate of drug-likeness (QED) is 0.720. The van der Waals surface area contributed by atoms with Crippen LogP contribution < -0.4 is 0 Å². The van der Waals surface area contributed by atoms with Gasteiger partial charge >= 0.3 is 5.97 Å². The first-order valence-electron chi connectivity index (χ1n) is 4.79. The smallest absolute Gasteiger partial charge is 0.357 e. The lowest BCUT2D eigenvalue weighted by molar-refractivity contribution is 0.0692. The summed E-state index contributed by atoms with van der Waals surface area (Å²) in [6.45, 7) is 0. The highest BCUT2D eigenvalue weighted by Crippen LogP contribution is 2.17. The second-order valence-electron chi connectivity index (χ2n) is 3.27. The first-order valence-corrected chi connectivity index (χ1v) is 4.79. The molecule has 0 unspecified atom stereocenters. The van der Waals surface area contributed by atoms with Gasteiger partial charge in [-0.05, 0) is 18.2 Å². The van der Waals surface area contributed by atoms with E-state index < -0.39 is 5.97 Å². The summed E-state index contributed by atoms with van der Waals surface area (Å²) in [5, 5.41) is 24.1. The van der Waals surface area contributed by atoms with E-state index in [4.69, 9.17) is 10.4 Å². The Hall–Kier alpha value is -2.79. The van der Waals surface area contributed by atoms with Gasteiger partial charge in [0.1, 0.15) is 0 Å². The Kier molecular flexibility index (Phi) is 2.76. The summed E-state index contributed by atoms with van der Waals surface area (Å²) in [5.41, 5.74) is 1.29. The predicted molar refractivity (Wildman–Crippen MR) is 60.2 cm³/mol. The summed E-state index contributed by atoms with van der Waals surface area (Å²) >= 11 is 0. The molecule has 5 nitrogen and oxygen atoms in total. The summed E-state index contributed by atoms with van der Waals surface area (Å²) in [4.78, 5) is 10.9. The Morgan fingerprint density at radius 3 is 3.06 bits per heavy atom. The van der Waals surface area contributed by atoms with Crippen LogP contribution in [0.1, 0.15) is 22.5 Å². The number of aromatic amines is 1. The molecule has 2 aromatic rings. The molecule has 0 fully saturated rings. The number of fused-ring (bicyclic) bond motifs is 1. The lowest BCUT2D eigenvalue weighted by atomic mass is 10.1. The number of aromatic nitrogens is 2. The van der Waals surface area contributed by atoms with Gasteiger partial charge in [0.15, 0.2) is 5.69 Å². The van der Waals surface area contributed by atoms with Crippen molar-refractivity contribution in [3.8, 4) is 17.9 Å². The Balaban J connectivity index is 2.50. The fourth-order valence-corrected chi connectivity index (χ4v) is 1.44. The molecule has 0 amide bonds. The number of nitriles is 1. The van der Waals surface area contributed by atoms with Crippen molar-refractivity contribution in [2.24, 2.45) is 0 Å². The molecule has 1 aromatic carbocycles. The first-order chi connectivity index (χ1) is 8.22. The number of hydrogen-bond acceptors (Lipinski definition) is 3. The van der Waals surface area contributed by atoms with Gasteiger partial charge in [-0.1, -0.05) is 11.8 Å². The van der Waals surface area contributed by atoms with Crippen molar-refractivity contribution in [2.75, 3.05) is 0 Å². The van der Waals surface area contributed by atoms with Crippen molar-refractivity contribution < 1.29 is 9.90 Å². The fourth-order valence-electron chi connectivity index (χ4n) is 1.44. The average Bonchev–Trinajstić information content (AvgIpc) is 2.72. The summed E-state index contributed by atoms with van der Waals surface area (Å²) in [5.74, 6) is 4.37. The molecule has 17 heavy (non-hydrogen) atoms. The molecule has 0 atom stereocenters. The SMILES string of the molecule is N#CCC#Cc1ccc2[nH]nc(C(=O)O)c2c1. The number of carboxylic acid groups (broad SMARTS) is 1. The van der Waals surface area contributed by atoms with Gasteiger partial charge in [0.05, 0.1) is 18.0 Å². The van der Waals surface area contributed by atoms with E-state index in [2.05, 4.69) is 22.0 Å². The van der Waals surface area contributed by atoms with Gasteiger partial charge in [0, 0.05) is 10.9 Å². The molecule has 0 aliphatic rings. The standard InChI is InChI=1S/C12H7N3O2/c13-6-2-1-3-8-4-5-10-9(7-8)11(12(16)17)15-14-10/h4-5,7H,2H2,(H,14,15)(H,16,17). The highest BCUT2D eigenvalue weighted by atomic mass is 16.4. The van der Waals surface area contributed by atoms with Crippen molar-refractivity contribution >= 4 is 16.9 Å². The topological polar surface area (TPSA) is 89.8 Å². The molecule has 0 saturated heterocycles. The molecule has 82 valence electrons. The number of nitrogens with one attached hydrogen (secondary N) is 1. The molecule has 0 saturated carbocycles. The summed E-state index contributed by atoms with van der Waals surface area (Å²) in [7, 11) is 0. The van der Waals surface area contributed by atoms with Crippen LogP contribution in [0.15, 0.2) is 18.2 Å². The molecule has 0 aliphatic carbocycles. The van der Waals surface area contributed by atoms with Crippen LogP contribution in [-0.4, -0.2) is 21.3 Å². The molecule has 0 radical (unpaired) electrons. The van der Waals surface area contributed by atoms with Crippen molar-refractivity contribution in [1.29, 1.82) is 5.26 Å². The van der Waals surface area contributed by atoms with Crippen molar-refractivity contribution in [2.45, 2.75) is 6.42 Å². The van der Waals surface area contributed by atoms with Crippen LogP contribution in [0.3, 0.4) is 0 Å². The van der Waals surface area contributed by atoms with Gasteiger partial charge in [-0.25, -0.2) is 4.79 Å². The second-order valence-corrected chi connectivity index (χ2v) is 3.27. The lowest BCUT2D eigenvalue weighted by Crippen LogP contribution is -1.96. The number of rotatable bonds is 1. The molecular formula is C12H7N3O2. The predicted octanol–water partition coefficient (Wildman–Crippen LogP) is 1.53. The Morgan fingerprint density at radius 2 is 2.35 bits per heavy atom. The molecule has 1 heterocycles. The minimum Gasteiger partial charge on any atom is -0.476 e. The fraction of sp³-hybridized carbons (Fsp3) is 0.0833. The van der Waals surface area contributed by atoms with Crippen LogP contribution in [0, 0.1) is 23.2 Å². The number of nitrogens with zero attached hydrogens (tertiary/aromatic N) is 2. The maximum absolute atomic E-state index is 10.9. The third-order valence-electron chi connectivity index (χ3n) is 2.17. The van der Waals surface area contributed by atoms with Crippen LogP contribution in [-0.2, 0) is 0 Å². The minimum atomic E-state index is -1.08. The zero-order valence-electron chi connectivity index (χ0n) is 8.69.